The summed E-state index contributed by atoms with van der Waals surface area (Å²) < 4.78 is 15.1. The molecule has 3 rings (SSSR count). The highest BCUT2D eigenvalue weighted by Crippen LogP contribution is 2.17. The molecule has 0 saturated carbocycles. The summed E-state index contributed by atoms with van der Waals surface area (Å²) in [5.74, 6) is 1.28. The van der Waals surface area contributed by atoms with E-state index in [1.165, 1.54) is 18.5 Å². The number of halogens is 2. The molecule has 2 aromatic heterocycles. The summed E-state index contributed by atoms with van der Waals surface area (Å²) in [6, 6.07) is 6.60. The fourth-order valence-corrected chi connectivity index (χ4v) is 2.89. The van der Waals surface area contributed by atoms with Gasteiger partial charge in [0.2, 0.25) is 0 Å². The molecule has 0 fully saturated rings. The van der Waals surface area contributed by atoms with Crippen LogP contribution in [0.25, 0.3) is 11.0 Å². The summed E-state index contributed by atoms with van der Waals surface area (Å²) in [6.07, 6.45) is 3.27. The molecule has 0 spiro atoms. The number of anilines is 1. The quantitative estimate of drug-likeness (QED) is 0.219. The molecule has 2 N–H and O–H groups in total. The Morgan fingerprint density at radius 2 is 2.14 bits per heavy atom. The van der Waals surface area contributed by atoms with Gasteiger partial charge in [0.25, 0.3) is 0 Å². The van der Waals surface area contributed by atoms with Gasteiger partial charge in [0.1, 0.15) is 18.0 Å². The summed E-state index contributed by atoms with van der Waals surface area (Å²) in [5.41, 5.74) is 1.68. The first-order chi connectivity index (χ1) is 13.6. The fourth-order valence-electron chi connectivity index (χ4n) is 2.89. The molecule has 0 aliphatic carbocycles. The molecule has 0 aliphatic heterocycles. The maximum absolute atomic E-state index is 13.4. The highest BCUT2D eigenvalue weighted by molar-refractivity contribution is 14.0. The lowest BCUT2D eigenvalue weighted by atomic mass is 10.2. The number of guanidine groups is 1. The minimum absolute atomic E-state index is 0. The second-order valence-electron chi connectivity index (χ2n) is 6.38. The molecule has 0 amide bonds. The maximum Gasteiger partial charge on any atom is 0.194 e. The van der Waals surface area contributed by atoms with E-state index in [9.17, 15) is 4.39 Å². The van der Waals surface area contributed by atoms with Crippen LogP contribution in [0.4, 0.5) is 10.2 Å². The molecule has 0 aliphatic rings. The van der Waals surface area contributed by atoms with Gasteiger partial charge in [0, 0.05) is 33.7 Å². The van der Waals surface area contributed by atoms with Gasteiger partial charge in [0.15, 0.2) is 11.6 Å². The van der Waals surface area contributed by atoms with Crippen molar-refractivity contribution in [3.8, 4) is 0 Å². The number of hydrogen-bond donors (Lipinski definition) is 2. The predicted octanol–water partition coefficient (Wildman–Crippen LogP) is 2.63. The summed E-state index contributed by atoms with van der Waals surface area (Å²) in [6.45, 7) is 4.51. The van der Waals surface area contributed by atoms with E-state index in [4.69, 9.17) is 0 Å². The topological polar surface area (TPSA) is 83.3 Å². The fraction of sp³-hybridized carbons (Fsp3) is 0.368. The average molecular weight is 512 g/mol. The van der Waals surface area contributed by atoms with Crippen molar-refractivity contribution >= 4 is 46.8 Å². The lowest BCUT2D eigenvalue weighted by Crippen LogP contribution is -2.38. The van der Waals surface area contributed by atoms with E-state index in [1.807, 2.05) is 32.0 Å². The number of aryl methyl sites for hydroxylation is 1. The minimum Gasteiger partial charge on any atom is -0.367 e. The first-order valence-corrected chi connectivity index (χ1v) is 9.19. The number of benzene rings is 1. The molecule has 3 aromatic rings. The van der Waals surface area contributed by atoms with Crippen molar-refractivity contribution in [2.75, 3.05) is 32.0 Å². The first-order valence-electron chi connectivity index (χ1n) is 9.19. The second-order valence-corrected chi connectivity index (χ2v) is 6.38. The maximum atomic E-state index is 13.4. The van der Waals surface area contributed by atoms with Crippen molar-refractivity contribution in [1.29, 1.82) is 0 Å². The number of hydrogen-bond acceptors (Lipinski definition) is 5. The summed E-state index contributed by atoms with van der Waals surface area (Å²) in [7, 11) is 3.78. The van der Waals surface area contributed by atoms with Crippen LogP contribution in [0.5, 0.6) is 0 Å². The van der Waals surface area contributed by atoms with Gasteiger partial charge in [-0.05, 0) is 24.6 Å². The number of nitrogens with zero attached hydrogens (tertiary/aromatic N) is 6. The lowest BCUT2D eigenvalue weighted by Gasteiger charge is -2.22. The molecule has 156 valence electrons. The zero-order valence-electron chi connectivity index (χ0n) is 16.8. The lowest BCUT2D eigenvalue weighted by molar-refractivity contribution is 0.475. The van der Waals surface area contributed by atoms with E-state index in [-0.39, 0.29) is 29.8 Å². The van der Waals surface area contributed by atoms with Crippen molar-refractivity contribution in [3.05, 3.63) is 48.2 Å². The standard InChI is InChI=1S/C19H25FN8.HI/c1-4-21-19(27(2)12-14-6-5-7-15(20)10-14)23-9-8-22-17-16-11-26-28(3)18(16)25-13-24-17;/h5-7,10-11,13H,4,8-9,12H2,1-3H3,(H,21,23)(H,22,24,25);1H. The van der Waals surface area contributed by atoms with Gasteiger partial charge < -0.3 is 15.5 Å². The number of aliphatic imine (C=N–C) groups is 1. The monoisotopic (exact) mass is 512 g/mol. The smallest absolute Gasteiger partial charge is 0.194 e. The highest BCUT2D eigenvalue weighted by Gasteiger charge is 2.08. The van der Waals surface area contributed by atoms with E-state index in [0.29, 0.717) is 19.6 Å². The molecule has 29 heavy (non-hydrogen) atoms. The van der Waals surface area contributed by atoms with Gasteiger partial charge in [0.05, 0.1) is 18.1 Å². The van der Waals surface area contributed by atoms with Gasteiger partial charge in [-0.1, -0.05) is 12.1 Å². The number of nitrogens with one attached hydrogen (secondary N) is 2. The van der Waals surface area contributed by atoms with E-state index < -0.39 is 0 Å². The average Bonchev–Trinajstić information content (AvgIpc) is 3.06. The Hall–Kier alpha value is -2.50. The normalized spacial score (nSPS) is 11.2. The summed E-state index contributed by atoms with van der Waals surface area (Å²) >= 11 is 0. The highest BCUT2D eigenvalue weighted by atomic mass is 127. The largest absolute Gasteiger partial charge is 0.367 e. The van der Waals surface area contributed by atoms with E-state index in [2.05, 4.69) is 30.7 Å². The minimum atomic E-state index is -0.233. The van der Waals surface area contributed by atoms with E-state index in [1.54, 1.807) is 16.9 Å². The SMILES string of the molecule is CCNC(=NCCNc1ncnc2c1cnn2C)N(C)Cc1cccc(F)c1.I. The van der Waals surface area contributed by atoms with Gasteiger partial charge in [-0.2, -0.15) is 5.10 Å². The van der Waals surface area contributed by atoms with Crippen LogP contribution < -0.4 is 10.6 Å². The molecule has 0 bridgehead atoms. The third-order valence-electron chi connectivity index (χ3n) is 4.20. The van der Waals surface area contributed by atoms with Crippen molar-refractivity contribution in [3.63, 3.8) is 0 Å². The Balaban J connectivity index is 0.00000300. The molecule has 2 heterocycles. The van der Waals surface area contributed by atoms with Crippen LogP contribution in [0.2, 0.25) is 0 Å². The van der Waals surface area contributed by atoms with Gasteiger partial charge in [-0.25, -0.2) is 14.4 Å². The Morgan fingerprint density at radius 1 is 1.31 bits per heavy atom. The molecule has 0 saturated heterocycles. The molecule has 0 unspecified atom stereocenters. The number of fused-ring (bicyclic) bond motifs is 1. The number of rotatable bonds is 7. The van der Waals surface area contributed by atoms with Gasteiger partial charge >= 0.3 is 0 Å². The van der Waals surface area contributed by atoms with Crippen molar-refractivity contribution in [2.45, 2.75) is 13.5 Å². The predicted molar refractivity (Wildman–Crippen MR) is 124 cm³/mol. The molecular weight excluding hydrogens is 486 g/mol. The van der Waals surface area contributed by atoms with Crippen LogP contribution in [0.1, 0.15) is 12.5 Å². The van der Waals surface area contributed by atoms with Crippen LogP contribution in [-0.2, 0) is 13.6 Å². The molecule has 0 atom stereocenters. The molecule has 10 heteroatoms. The molecule has 1 aromatic carbocycles. The van der Waals surface area contributed by atoms with Gasteiger partial charge in [-0.3, -0.25) is 9.67 Å². The van der Waals surface area contributed by atoms with E-state index in [0.717, 1.165) is 34.9 Å². The van der Waals surface area contributed by atoms with Crippen molar-refractivity contribution in [1.82, 2.24) is 30.0 Å². The van der Waals surface area contributed by atoms with Crippen LogP contribution in [0, 0.1) is 5.82 Å². The number of aromatic nitrogens is 4. The Bertz CT molecular complexity index is 958. The molecule has 0 radical (unpaired) electrons. The van der Waals surface area contributed by atoms with E-state index >= 15 is 0 Å². The Kier molecular flexibility index (Phi) is 8.55. The van der Waals surface area contributed by atoms with Crippen molar-refractivity contribution < 1.29 is 4.39 Å². The third-order valence-corrected chi connectivity index (χ3v) is 4.20. The molecule has 8 nitrogen and oxygen atoms in total. The van der Waals surface area contributed by atoms with Crippen LogP contribution >= 0.6 is 24.0 Å². The second kappa shape index (κ2) is 10.9. The van der Waals surface area contributed by atoms with Crippen LogP contribution in [0.15, 0.2) is 41.8 Å². The zero-order valence-corrected chi connectivity index (χ0v) is 19.1. The zero-order chi connectivity index (χ0) is 19.9. The first kappa shape index (κ1) is 22.8. The molecular formula is C19H26FIN8. The summed E-state index contributed by atoms with van der Waals surface area (Å²) in [5, 5.41) is 11.6. The van der Waals surface area contributed by atoms with Crippen LogP contribution in [0.3, 0.4) is 0 Å². The Labute approximate surface area is 186 Å². The van der Waals surface area contributed by atoms with Gasteiger partial charge in [-0.15, -0.1) is 24.0 Å². The van der Waals surface area contributed by atoms with Crippen molar-refractivity contribution in [2.24, 2.45) is 12.0 Å². The van der Waals surface area contributed by atoms with Crippen LogP contribution in [-0.4, -0.2) is 57.3 Å². The third kappa shape index (κ3) is 5.99. The summed E-state index contributed by atoms with van der Waals surface area (Å²) in [4.78, 5) is 15.1. The Morgan fingerprint density at radius 3 is 2.90 bits per heavy atom.